The van der Waals surface area contributed by atoms with Gasteiger partial charge < -0.3 is 14.8 Å². The van der Waals surface area contributed by atoms with Crippen molar-refractivity contribution in [3.8, 4) is 0 Å². The Morgan fingerprint density at radius 2 is 1.96 bits per heavy atom. The Kier molecular flexibility index (Phi) is 4.15. The number of nitrogens with zero attached hydrogens (tertiary/aromatic N) is 3. The third kappa shape index (κ3) is 3.10. The number of carbonyl (C=O) groups is 1. The lowest BCUT2D eigenvalue weighted by atomic mass is 10.0. The topological polar surface area (TPSA) is 50.2 Å². The summed E-state index contributed by atoms with van der Waals surface area (Å²) in [5.74, 6) is 0. The minimum atomic E-state index is -0.162. The van der Waals surface area contributed by atoms with Crippen molar-refractivity contribution in [1.82, 2.24) is 14.5 Å². The Morgan fingerprint density at radius 1 is 1.12 bits per heavy atom. The Labute approximate surface area is 150 Å². The minimum Gasteiger partial charge on any atom is -0.348 e. The molecule has 1 aliphatic heterocycles. The summed E-state index contributed by atoms with van der Waals surface area (Å²) in [4.78, 5) is 19.0. The van der Waals surface area contributed by atoms with E-state index in [0.717, 1.165) is 23.5 Å². The first kappa shape index (κ1) is 15.7. The second-order valence-electron chi connectivity index (χ2n) is 5.95. The van der Waals surface area contributed by atoms with Crippen LogP contribution < -0.4 is 5.32 Å². The van der Waals surface area contributed by atoms with E-state index >= 15 is 0 Å². The molecule has 3 heterocycles. The first-order valence-corrected chi connectivity index (χ1v) is 8.48. The normalized spacial score (nSPS) is 16.4. The Morgan fingerprint density at radius 3 is 2.72 bits per heavy atom. The summed E-state index contributed by atoms with van der Waals surface area (Å²) in [7, 11) is 0. The van der Waals surface area contributed by atoms with Gasteiger partial charge in [-0.2, -0.15) is 0 Å². The van der Waals surface area contributed by atoms with E-state index in [2.05, 4.69) is 20.9 Å². The van der Waals surface area contributed by atoms with Crippen LogP contribution in [0.1, 0.15) is 17.3 Å². The maximum atomic E-state index is 12.9. The molecule has 4 rings (SSSR count). The predicted octanol–water partition coefficient (Wildman–Crippen LogP) is 4.17. The van der Waals surface area contributed by atoms with E-state index < -0.39 is 0 Å². The molecule has 5 nitrogen and oxygen atoms in total. The fraction of sp³-hybridized carbons (Fsp3) is 0.158. The van der Waals surface area contributed by atoms with Crippen LogP contribution >= 0.6 is 11.6 Å². The summed E-state index contributed by atoms with van der Waals surface area (Å²) in [6.07, 6.45) is 5.60. The first-order valence-electron chi connectivity index (χ1n) is 8.10. The van der Waals surface area contributed by atoms with Crippen LogP contribution in [0.2, 0.25) is 5.02 Å². The minimum absolute atomic E-state index is 0.136. The first-order chi connectivity index (χ1) is 12.2. The van der Waals surface area contributed by atoms with Gasteiger partial charge in [0, 0.05) is 48.1 Å². The zero-order valence-corrected chi connectivity index (χ0v) is 14.2. The van der Waals surface area contributed by atoms with E-state index in [-0.39, 0.29) is 12.1 Å². The maximum Gasteiger partial charge on any atom is 0.322 e. The average Bonchev–Trinajstić information content (AvgIpc) is 3.12. The Balaban J connectivity index is 1.65. The SMILES string of the molecule is O=C(Nc1ccc(Cl)cc1)N1CCn2cccc2[C@H]1c1cccnc1. The van der Waals surface area contributed by atoms with Crippen LogP contribution in [-0.2, 0) is 6.54 Å². The third-order valence-corrected chi connectivity index (χ3v) is 4.65. The fourth-order valence-electron chi connectivity index (χ4n) is 3.22. The van der Waals surface area contributed by atoms with Gasteiger partial charge in [-0.1, -0.05) is 17.7 Å². The van der Waals surface area contributed by atoms with Gasteiger partial charge in [-0.05, 0) is 48.0 Å². The molecule has 126 valence electrons. The number of benzene rings is 1. The van der Waals surface area contributed by atoms with Crippen LogP contribution in [0.4, 0.5) is 10.5 Å². The molecule has 3 aromatic rings. The van der Waals surface area contributed by atoms with Crippen molar-refractivity contribution in [2.75, 3.05) is 11.9 Å². The molecule has 2 amide bonds. The number of fused-ring (bicyclic) bond motifs is 1. The lowest BCUT2D eigenvalue weighted by Crippen LogP contribution is -2.44. The summed E-state index contributed by atoms with van der Waals surface area (Å²) in [5, 5.41) is 3.60. The van der Waals surface area contributed by atoms with Crippen LogP contribution in [-0.4, -0.2) is 27.0 Å². The van der Waals surface area contributed by atoms with Crippen LogP contribution in [0.3, 0.4) is 0 Å². The van der Waals surface area contributed by atoms with Gasteiger partial charge in [0.25, 0.3) is 0 Å². The van der Waals surface area contributed by atoms with Crippen LogP contribution in [0.15, 0.2) is 67.1 Å². The van der Waals surface area contributed by atoms with Crippen molar-refractivity contribution in [3.05, 3.63) is 83.4 Å². The summed E-state index contributed by atoms with van der Waals surface area (Å²) in [6.45, 7) is 1.40. The molecule has 0 aliphatic carbocycles. The van der Waals surface area contributed by atoms with Crippen molar-refractivity contribution in [3.63, 3.8) is 0 Å². The number of urea groups is 1. The molecule has 1 atom stereocenters. The second-order valence-corrected chi connectivity index (χ2v) is 6.38. The Bertz CT molecular complexity index is 876. The van der Waals surface area contributed by atoms with E-state index in [1.807, 2.05) is 35.5 Å². The zero-order chi connectivity index (χ0) is 17.2. The Hall–Kier alpha value is -2.79. The summed E-state index contributed by atoms with van der Waals surface area (Å²) >= 11 is 5.91. The molecule has 0 radical (unpaired) electrons. The van der Waals surface area contributed by atoms with Gasteiger partial charge in [0.1, 0.15) is 6.04 Å². The highest BCUT2D eigenvalue weighted by Crippen LogP contribution is 2.32. The van der Waals surface area contributed by atoms with Gasteiger partial charge in [0.15, 0.2) is 0 Å². The summed E-state index contributed by atoms with van der Waals surface area (Å²) < 4.78 is 2.18. The third-order valence-electron chi connectivity index (χ3n) is 4.39. The molecular weight excluding hydrogens is 336 g/mol. The summed E-state index contributed by atoms with van der Waals surface area (Å²) in [6, 6.07) is 14.8. The number of halogens is 1. The number of anilines is 1. The van der Waals surface area contributed by atoms with Crippen LogP contribution in [0.5, 0.6) is 0 Å². The van der Waals surface area contributed by atoms with Gasteiger partial charge in [-0.25, -0.2) is 4.79 Å². The number of carbonyl (C=O) groups excluding carboxylic acids is 1. The maximum absolute atomic E-state index is 12.9. The molecule has 1 N–H and O–H groups in total. The van der Waals surface area contributed by atoms with E-state index in [1.54, 1.807) is 30.5 Å². The second kappa shape index (κ2) is 6.61. The quantitative estimate of drug-likeness (QED) is 0.752. The molecule has 2 aromatic heterocycles. The largest absolute Gasteiger partial charge is 0.348 e. The van der Waals surface area contributed by atoms with Crippen molar-refractivity contribution in [2.24, 2.45) is 0 Å². The number of pyridine rings is 1. The number of rotatable bonds is 2. The molecule has 1 aliphatic rings. The number of aromatic nitrogens is 2. The molecular formula is C19H17ClN4O. The molecule has 0 fully saturated rings. The van der Waals surface area contributed by atoms with Crippen molar-refractivity contribution in [1.29, 1.82) is 0 Å². The molecule has 0 saturated carbocycles. The smallest absolute Gasteiger partial charge is 0.322 e. The molecule has 0 spiro atoms. The molecule has 1 aromatic carbocycles. The lowest BCUT2D eigenvalue weighted by molar-refractivity contribution is 0.181. The number of nitrogens with one attached hydrogen (secondary N) is 1. The average molecular weight is 353 g/mol. The van der Waals surface area contributed by atoms with Gasteiger partial charge in [-0.3, -0.25) is 4.98 Å². The van der Waals surface area contributed by atoms with Gasteiger partial charge in [-0.15, -0.1) is 0 Å². The van der Waals surface area contributed by atoms with Crippen LogP contribution in [0.25, 0.3) is 0 Å². The zero-order valence-electron chi connectivity index (χ0n) is 13.5. The monoisotopic (exact) mass is 352 g/mol. The molecule has 0 bridgehead atoms. The number of hydrogen-bond donors (Lipinski definition) is 1. The molecule has 25 heavy (non-hydrogen) atoms. The van der Waals surface area contributed by atoms with Crippen molar-refractivity contribution < 1.29 is 4.79 Å². The highest BCUT2D eigenvalue weighted by molar-refractivity contribution is 6.30. The van der Waals surface area contributed by atoms with Gasteiger partial charge in [0.05, 0.1) is 0 Å². The number of amides is 2. The van der Waals surface area contributed by atoms with Crippen LogP contribution in [0, 0.1) is 0 Å². The van der Waals surface area contributed by atoms with E-state index in [4.69, 9.17) is 11.6 Å². The highest BCUT2D eigenvalue weighted by Gasteiger charge is 2.32. The van der Waals surface area contributed by atoms with Crippen molar-refractivity contribution >= 4 is 23.3 Å². The van der Waals surface area contributed by atoms with Crippen molar-refractivity contribution in [2.45, 2.75) is 12.6 Å². The fourth-order valence-corrected chi connectivity index (χ4v) is 3.35. The van der Waals surface area contributed by atoms with E-state index in [9.17, 15) is 4.79 Å². The van der Waals surface area contributed by atoms with Gasteiger partial charge in [0.2, 0.25) is 0 Å². The van der Waals surface area contributed by atoms with Gasteiger partial charge >= 0.3 is 6.03 Å². The summed E-state index contributed by atoms with van der Waals surface area (Å²) in [5.41, 5.74) is 2.80. The van der Waals surface area contributed by atoms with E-state index in [0.29, 0.717) is 11.6 Å². The lowest BCUT2D eigenvalue weighted by Gasteiger charge is -2.37. The molecule has 0 unspecified atom stereocenters. The number of hydrogen-bond acceptors (Lipinski definition) is 2. The highest BCUT2D eigenvalue weighted by atomic mass is 35.5. The molecule has 6 heteroatoms. The van der Waals surface area contributed by atoms with E-state index in [1.165, 1.54) is 0 Å². The standard InChI is InChI=1S/C19H17ClN4O/c20-15-5-7-16(8-6-15)22-19(25)24-12-11-23-10-2-4-17(23)18(24)14-3-1-9-21-13-14/h1-10,13,18H,11-12H2,(H,22,25)/t18-/m1/s1. The predicted molar refractivity (Wildman–Crippen MR) is 97.7 cm³/mol. The molecule has 0 saturated heterocycles.